The van der Waals surface area contributed by atoms with Gasteiger partial charge in [0.2, 0.25) is 0 Å². The Bertz CT molecular complexity index is 1300. The predicted octanol–water partition coefficient (Wildman–Crippen LogP) is 5.88. The maximum atomic E-state index is 13.7. The summed E-state index contributed by atoms with van der Waals surface area (Å²) < 4.78 is 33.1. The van der Waals surface area contributed by atoms with Gasteiger partial charge in [-0.15, -0.1) is 0 Å². The van der Waals surface area contributed by atoms with E-state index in [4.69, 9.17) is 4.52 Å². The Morgan fingerprint density at radius 3 is 2.66 bits per heavy atom. The molecule has 1 fully saturated rings. The molecule has 0 saturated carbocycles. The van der Waals surface area contributed by atoms with E-state index in [-0.39, 0.29) is 6.54 Å². The number of aliphatic hydroxyl groups is 1. The van der Waals surface area contributed by atoms with Crippen LogP contribution in [-0.4, -0.2) is 33.3 Å². The zero-order chi connectivity index (χ0) is 25.0. The summed E-state index contributed by atoms with van der Waals surface area (Å²) >= 11 is 0. The highest BCUT2D eigenvalue weighted by Gasteiger charge is 2.59. The van der Waals surface area contributed by atoms with Crippen molar-refractivity contribution in [3.05, 3.63) is 89.0 Å². The number of hydrogen-bond donors (Lipinski definition) is 2. The smallest absolute Gasteiger partial charge is 0.388 e. The van der Waals surface area contributed by atoms with Gasteiger partial charge in [0.1, 0.15) is 5.82 Å². The van der Waals surface area contributed by atoms with E-state index in [9.17, 15) is 19.0 Å². The van der Waals surface area contributed by atoms with E-state index in [1.165, 1.54) is 23.4 Å². The number of aliphatic hydroxyl groups excluding tert-OH is 1. The van der Waals surface area contributed by atoms with Crippen LogP contribution in [0.3, 0.4) is 0 Å². The van der Waals surface area contributed by atoms with Crippen molar-refractivity contribution in [2.75, 3.05) is 13.7 Å². The van der Waals surface area contributed by atoms with Crippen molar-refractivity contribution in [2.24, 2.45) is 0 Å². The molecule has 2 aromatic carbocycles. The molecule has 0 bridgehead atoms. The molecule has 5 rings (SSSR count). The lowest BCUT2D eigenvalue weighted by atomic mass is 9.73. The average Bonchev–Trinajstić information content (AvgIpc) is 3.37. The van der Waals surface area contributed by atoms with Gasteiger partial charge in [0.25, 0.3) is 0 Å². The first-order valence-corrected chi connectivity index (χ1v) is 13.4. The molecule has 8 heteroatoms. The lowest BCUT2D eigenvalue weighted by Gasteiger charge is -2.36. The second-order valence-corrected chi connectivity index (χ2v) is 11.7. The first-order valence-electron chi connectivity index (χ1n) is 11.9. The maximum Gasteiger partial charge on any atom is 0.405 e. The fourth-order valence-electron chi connectivity index (χ4n) is 6.01. The molecule has 184 valence electrons. The van der Waals surface area contributed by atoms with Crippen molar-refractivity contribution in [1.29, 1.82) is 0 Å². The second kappa shape index (κ2) is 8.91. The first-order chi connectivity index (χ1) is 16.7. The number of pyridine rings is 1. The molecular formula is C27H30FN2O4P. The minimum Gasteiger partial charge on any atom is -0.388 e. The van der Waals surface area contributed by atoms with Crippen molar-refractivity contribution < 1.29 is 23.5 Å². The molecule has 4 unspecified atom stereocenters. The van der Waals surface area contributed by atoms with Crippen molar-refractivity contribution >= 4 is 7.75 Å². The highest BCUT2D eigenvalue weighted by atomic mass is 31.2. The largest absolute Gasteiger partial charge is 0.405 e. The number of benzene rings is 2. The van der Waals surface area contributed by atoms with E-state index in [1.807, 2.05) is 24.3 Å². The van der Waals surface area contributed by atoms with Crippen LogP contribution < -0.4 is 0 Å². The lowest BCUT2D eigenvalue weighted by Crippen LogP contribution is -2.33. The Morgan fingerprint density at radius 1 is 1.20 bits per heavy atom. The summed E-state index contributed by atoms with van der Waals surface area (Å²) in [6.07, 6.45) is 1.30. The molecule has 0 radical (unpaired) electrons. The maximum absolute atomic E-state index is 13.7. The van der Waals surface area contributed by atoms with Crippen LogP contribution in [0.4, 0.5) is 4.39 Å². The van der Waals surface area contributed by atoms with E-state index in [1.54, 1.807) is 6.07 Å². The van der Waals surface area contributed by atoms with E-state index in [2.05, 4.69) is 37.0 Å². The quantitative estimate of drug-likeness (QED) is 0.430. The van der Waals surface area contributed by atoms with Crippen LogP contribution in [0.1, 0.15) is 67.1 Å². The molecule has 1 aliphatic carbocycles. The Kier molecular flexibility index (Phi) is 6.19. The molecule has 2 heterocycles. The average molecular weight is 497 g/mol. The van der Waals surface area contributed by atoms with Crippen molar-refractivity contribution in [1.82, 2.24) is 9.65 Å². The summed E-state index contributed by atoms with van der Waals surface area (Å²) in [4.78, 5) is 14.9. The third kappa shape index (κ3) is 3.96. The number of aromatic nitrogens is 1. The Labute approximate surface area is 205 Å². The van der Waals surface area contributed by atoms with Gasteiger partial charge < -0.3 is 14.5 Å². The summed E-state index contributed by atoms with van der Waals surface area (Å²) in [6.45, 7) is 4.61. The fourth-order valence-corrected chi connectivity index (χ4v) is 7.20. The van der Waals surface area contributed by atoms with Crippen molar-refractivity contribution in [3.63, 3.8) is 0 Å². The van der Waals surface area contributed by atoms with Gasteiger partial charge in [0, 0.05) is 19.1 Å². The van der Waals surface area contributed by atoms with Crippen LogP contribution in [0.2, 0.25) is 0 Å². The molecule has 4 atom stereocenters. The van der Waals surface area contributed by atoms with Crippen LogP contribution in [0.25, 0.3) is 11.1 Å². The summed E-state index contributed by atoms with van der Waals surface area (Å²) in [5.41, 5.74) is 4.96. The monoisotopic (exact) mass is 496 g/mol. The number of nitrogens with zero attached hydrogens (tertiary/aromatic N) is 2. The summed E-state index contributed by atoms with van der Waals surface area (Å²) in [5, 5.41) is 11.3. The Morgan fingerprint density at radius 2 is 1.97 bits per heavy atom. The molecule has 2 N–H and O–H groups in total. The highest BCUT2D eigenvalue weighted by Crippen LogP contribution is 2.65. The van der Waals surface area contributed by atoms with Crippen LogP contribution in [0, 0.1) is 5.82 Å². The minimum atomic E-state index is -4.12. The highest BCUT2D eigenvalue weighted by molar-refractivity contribution is 7.50. The van der Waals surface area contributed by atoms with E-state index in [0.717, 1.165) is 28.5 Å². The fraction of sp³-hybridized carbons (Fsp3) is 0.370. The van der Waals surface area contributed by atoms with Crippen LogP contribution in [0.5, 0.6) is 0 Å². The molecule has 35 heavy (non-hydrogen) atoms. The topological polar surface area (TPSA) is 82.9 Å². The minimum absolute atomic E-state index is 0.287. The number of hydrogen-bond acceptors (Lipinski definition) is 4. The van der Waals surface area contributed by atoms with Crippen LogP contribution in [-0.2, 0) is 14.5 Å². The standard InChI is InChI=1S/C27H30FN2O4P/c1-17(2)20-6-4-5-7-21(20)18-8-10-23-22(14-18)25(31)15-27(23)12-13-30(35(32,33)34-3)26(27)24-11-9-19(28)16-29-24/h4-11,14,16-17,25-26,31H,12-13,15H2,1-3H3,(H,32,33). The number of halogens is 1. The number of rotatable bonds is 5. The van der Waals surface area contributed by atoms with E-state index in [0.29, 0.717) is 24.5 Å². The lowest BCUT2D eigenvalue weighted by molar-refractivity contribution is 0.137. The molecule has 1 aromatic heterocycles. The van der Waals surface area contributed by atoms with Gasteiger partial charge in [-0.3, -0.25) is 4.98 Å². The molecule has 1 saturated heterocycles. The van der Waals surface area contributed by atoms with Crippen LogP contribution >= 0.6 is 7.75 Å². The van der Waals surface area contributed by atoms with Crippen LogP contribution in [0.15, 0.2) is 60.8 Å². The van der Waals surface area contributed by atoms with Gasteiger partial charge >= 0.3 is 7.75 Å². The molecule has 1 spiro atoms. The van der Waals surface area contributed by atoms with Gasteiger partial charge in [0.15, 0.2) is 0 Å². The predicted molar refractivity (Wildman–Crippen MR) is 132 cm³/mol. The molecule has 1 aliphatic heterocycles. The van der Waals surface area contributed by atoms with Gasteiger partial charge in [-0.05, 0) is 64.8 Å². The van der Waals surface area contributed by atoms with Gasteiger partial charge in [-0.2, -0.15) is 4.67 Å². The van der Waals surface area contributed by atoms with Gasteiger partial charge in [0.05, 0.1) is 24.0 Å². The van der Waals surface area contributed by atoms with Gasteiger partial charge in [-0.25, -0.2) is 8.96 Å². The van der Waals surface area contributed by atoms with Crippen molar-refractivity contribution in [2.45, 2.75) is 50.2 Å². The van der Waals surface area contributed by atoms with E-state index < -0.39 is 31.1 Å². The summed E-state index contributed by atoms with van der Waals surface area (Å²) in [7, 11) is -2.92. The third-order valence-corrected chi connectivity index (χ3v) is 9.16. The Hall–Kier alpha value is -2.41. The molecule has 0 amide bonds. The zero-order valence-electron chi connectivity index (χ0n) is 20.1. The Balaban J connectivity index is 1.65. The summed E-state index contributed by atoms with van der Waals surface area (Å²) in [5.74, 6) is -0.132. The van der Waals surface area contributed by atoms with E-state index >= 15 is 0 Å². The molecule has 2 aliphatic rings. The summed E-state index contributed by atoms with van der Waals surface area (Å²) in [6, 6.07) is 16.6. The normalized spacial score (nSPS) is 25.8. The zero-order valence-corrected chi connectivity index (χ0v) is 21.0. The third-order valence-electron chi connectivity index (χ3n) is 7.60. The SMILES string of the molecule is COP(=O)(O)N1CCC2(CC(O)c3cc(-c4ccccc4C(C)C)ccc32)C1c1ccc(F)cn1. The van der Waals surface area contributed by atoms with Gasteiger partial charge in [-0.1, -0.05) is 50.2 Å². The molecule has 3 aromatic rings. The first kappa shape index (κ1) is 24.3. The number of fused-ring (bicyclic) bond motifs is 2. The molecule has 6 nitrogen and oxygen atoms in total. The second-order valence-electron chi connectivity index (χ2n) is 9.81. The van der Waals surface area contributed by atoms with Crippen molar-refractivity contribution in [3.8, 4) is 11.1 Å². The molecular weight excluding hydrogens is 466 g/mol.